The quantitative estimate of drug-likeness (QED) is 0.674. The molecule has 1 aromatic heterocycles. The van der Waals surface area contributed by atoms with E-state index in [4.69, 9.17) is 17.0 Å². The van der Waals surface area contributed by atoms with Gasteiger partial charge in [-0.2, -0.15) is 0 Å². The van der Waals surface area contributed by atoms with Crippen LogP contribution in [0.4, 0.5) is 4.39 Å². The minimum absolute atomic E-state index is 0.237. The van der Waals surface area contributed by atoms with E-state index >= 15 is 0 Å². The van der Waals surface area contributed by atoms with E-state index in [0.29, 0.717) is 27.8 Å². The number of H-pyrrole nitrogens is 1. The fourth-order valence-corrected chi connectivity index (χ4v) is 3.04. The van der Waals surface area contributed by atoms with Gasteiger partial charge in [0.05, 0.1) is 24.1 Å². The zero-order valence-electron chi connectivity index (χ0n) is 15.0. The zero-order valence-corrected chi connectivity index (χ0v) is 15.8. The van der Waals surface area contributed by atoms with E-state index in [1.807, 2.05) is 0 Å². The molecule has 1 atom stereocenters. The third kappa shape index (κ3) is 3.61. The van der Waals surface area contributed by atoms with Crippen LogP contribution in [0.3, 0.4) is 0 Å². The summed E-state index contributed by atoms with van der Waals surface area (Å²) in [5.74, 6) is -0.299. The Labute approximate surface area is 159 Å². The lowest BCUT2D eigenvalue weighted by Gasteiger charge is -2.17. The molecule has 3 rings (SSSR count). The second kappa shape index (κ2) is 7.32. The topological polar surface area (TPSA) is 76.1 Å². The third-order valence-electron chi connectivity index (χ3n) is 4.37. The van der Waals surface area contributed by atoms with Crippen molar-refractivity contribution in [3.8, 4) is 5.75 Å². The summed E-state index contributed by atoms with van der Waals surface area (Å²) in [5.41, 5.74) is 1.12. The molecule has 27 heavy (non-hydrogen) atoms. The molecule has 0 aliphatic rings. The number of methoxy groups -OCH3 is 1. The van der Waals surface area contributed by atoms with Gasteiger partial charge in [-0.3, -0.25) is 14.2 Å². The van der Waals surface area contributed by atoms with Gasteiger partial charge in [0.25, 0.3) is 11.5 Å². The van der Waals surface area contributed by atoms with Gasteiger partial charge < -0.3 is 15.0 Å². The van der Waals surface area contributed by atoms with Gasteiger partial charge in [0, 0.05) is 18.2 Å². The average molecular weight is 387 g/mol. The van der Waals surface area contributed by atoms with Crippen LogP contribution in [0, 0.1) is 10.6 Å². The van der Waals surface area contributed by atoms with Crippen LogP contribution in [-0.4, -0.2) is 22.6 Å². The van der Waals surface area contributed by atoms with Crippen LogP contribution in [0.5, 0.6) is 5.75 Å². The van der Waals surface area contributed by atoms with Crippen molar-refractivity contribution in [1.82, 2.24) is 14.9 Å². The summed E-state index contributed by atoms with van der Waals surface area (Å²) in [6.07, 6.45) is 0. The molecule has 0 aliphatic heterocycles. The molecule has 1 amide bonds. The monoisotopic (exact) mass is 387 g/mol. The summed E-state index contributed by atoms with van der Waals surface area (Å²) in [5, 5.41) is 3.24. The number of nitrogens with zero attached hydrogens (tertiary/aromatic N) is 1. The number of halogens is 1. The maximum absolute atomic E-state index is 13.6. The van der Waals surface area contributed by atoms with E-state index < -0.39 is 11.9 Å². The number of fused-ring (bicyclic) bond motifs is 1. The van der Waals surface area contributed by atoms with Gasteiger partial charge in [0.1, 0.15) is 11.6 Å². The van der Waals surface area contributed by atoms with Crippen LogP contribution in [0.2, 0.25) is 0 Å². The van der Waals surface area contributed by atoms with Crippen molar-refractivity contribution in [2.75, 3.05) is 7.11 Å². The van der Waals surface area contributed by atoms with E-state index in [-0.39, 0.29) is 16.2 Å². The average Bonchev–Trinajstić information content (AvgIpc) is 2.65. The van der Waals surface area contributed by atoms with Crippen molar-refractivity contribution in [2.24, 2.45) is 7.05 Å². The number of ether oxygens (including phenoxy) is 1. The summed E-state index contributed by atoms with van der Waals surface area (Å²) in [6, 6.07) is 8.35. The minimum atomic E-state index is -0.485. The van der Waals surface area contributed by atoms with Crippen LogP contribution < -0.4 is 15.6 Å². The molecule has 0 aliphatic carbocycles. The largest absolute Gasteiger partial charge is 0.496 e. The van der Waals surface area contributed by atoms with Crippen molar-refractivity contribution in [3.05, 3.63) is 68.5 Å². The van der Waals surface area contributed by atoms with Gasteiger partial charge in [0.15, 0.2) is 4.77 Å². The van der Waals surface area contributed by atoms with Gasteiger partial charge in [-0.05, 0) is 55.5 Å². The highest BCUT2D eigenvalue weighted by molar-refractivity contribution is 7.71. The standard InChI is InChI=1S/C19H18FN3O3S/c1-10(14-9-12(20)5-7-16(14)26-3)21-17(24)11-4-6-13-15(8-11)22-19(27)23(2)18(13)25/h4-10H,1-3H3,(H,21,24)(H,22,27). The number of rotatable bonds is 4. The molecule has 0 saturated heterocycles. The summed E-state index contributed by atoms with van der Waals surface area (Å²) < 4.78 is 20.4. The number of carbonyl (C=O) groups excluding carboxylic acids is 1. The predicted octanol–water partition coefficient (Wildman–Crippen LogP) is 3.23. The lowest BCUT2D eigenvalue weighted by atomic mass is 10.1. The first-order chi connectivity index (χ1) is 12.8. The van der Waals surface area contributed by atoms with E-state index in [1.165, 1.54) is 29.9 Å². The number of aromatic amines is 1. The molecule has 2 N–H and O–H groups in total. The third-order valence-corrected chi connectivity index (χ3v) is 4.74. The normalized spacial score (nSPS) is 12.0. The Balaban J connectivity index is 1.92. The molecule has 2 aromatic carbocycles. The molecule has 0 spiro atoms. The molecular formula is C19H18FN3O3S. The first kappa shape index (κ1) is 18.8. The van der Waals surface area contributed by atoms with Crippen LogP contribution >= 0.6 is 12.2 Å². The Morgan fingerprint density at radius 2 is 2.04 bits per heavy atom. The zero-order chi connectivity index (χ0) is 19.7. The second-order valence-electron chi connectivity index (χ2n) is 6.14. The number of amides is 1. The number of carbonyl (C=O) groups is 1. The maximum atomic E-state index is 13.6. The van der Waals surface area contributed by atoms with Crippen molar-refractivity contribution >= 4 is 29.0 Å². The molecule has 1 unspecified atom stereocenters. The number of hydrogen-bond donors (Lipinski definition) is 2. The van der Waals surface area contributed by atoms with Crippen molar-refractivity contribution < 1.29 is 13.9 Å². The summed E-state index contributed by atoms with van der Waals surface area (Å²) >= 11 is 5.11. The lowest BCUT2D eigenvalue weighted by Crippen LogP contribution is -2.27. The molecule has 0 saturated carbocycles. The molecule has 1 heterocycles. The molecule has 8 heteroatoms. The molecule has 0 fully saturated rings. The first-order valence-corrected chi connectivity index (χ1v) is 8.60. The van der Waals surface area contributed by atoms with Crippen LogP contribution in [-0.2, 0) is 7.05 Å². The maximum Gasteiger partial charge on any atom is 0.261 e. The van der Waals surface area contributed by atoms with Gasteiger partial charge >= 0.3 is 0 Å². The smallest absolute Gasteiger partial charge is 0.261 e. The minimum Gasteiger partial charge on any atom is -0.496 e. The Morgan fingerprint density at radius 3 is 2.74 bits per heavy atom. The van der Waals surface area contributed by atoms with Gasteiger partial charge in [-0.15, -0.1) is 0 Å². The molecule has 0 bridgehead atoms. The number of benzene rings is 2. The Kier molecular flexibility index (Phi) is 5.09. The van der Waals surface area contributed by atoms with Crippen molar-refractivity contribution in [2.45, 2.75) is 13.0 Å². The number of hydrogen-bond acceptors (Lipinski definition) is 4. The van der Waals surface area contributed by atoms with Crippen molar-refractivity contribution in [3.63, 3.8) is 0 Å². The van der Waals surface area contributed by atoms with Gasteiger partial charge in [-0.25, -0.2) is 4.39 Å². The van der Waals surface area contributed by atoms with Gasteiger partial charge in [0.2, 0.25) is 0 Å². The molecular weight excluding hydrogens is 369 g/mol. The van der Waals surface area contributed by atoms with Crippen LogP contribution in [0.25, 0.3) is 10.9 Å². The molecule has 6 nitrogen and oxygen atoms in total. The van der Waals surface area contributed by atoms with E-state index in [9.17, 15) is 14.0 Å². The van der Waals surface area contributed by atoms with Crippen LogP contribution in [0.15, 0.2) is 41.2 Å². The highest BCUT2D eigenvalue weighted by Gasteiger charge is 2.17. The lowest BCUT2D eigenvalue weighted by molar-refractivity contribution is 0.0939. The molecule has 140 valence electrons. The SMILES string of the molecule is COc1ccc(F)cc1C(C)NC(=O)c1ccc2c(=O)n(C)c(=S)[nH]c2c1. The summed E-state index contributed by atoms with van der Waals surface area (Å²) in [6.45, 7) is 1.74. The van der Waals surface area contributed by atoms with Crippen LogP contribution in [0.1, 0.15) is 28.9 Å². The molecule has 3 aromatic rings. The summed E-state index contributed by atoms with van der Waals surface area (Å²) in [7, 11) is 3.06. The van der Waals surface area contributed by atoms with Crippen molar-refractivity contribution in [1.29, 1.82) is 0 Å². The Bertz CT molecular complexity index is 1150. The fraction of sp³-hybridized carbons (Fsp3) is 0.211. The number of aromatic nitrogens is 2. The van der Waals surface area contributed by atoms with E-state index in [2.05, 4.69) is 10.3 Å². The molecule has 0 radical (unpaired) electrons. The number of nitrogens with one attached hydrogen (secondary N) is 2. The Morgan fingerprint density at radius 1 is 1.30 bits per heavy atom. The van der Waals surface area contributed by atoms with E-state index in [0.717, 1.165) is 0 Å². The Hall–Kier alpha value is -3.00. The summed E-state index contributed by atoms with van der Waals surface area (Å²) in [4.78, 5) is 27.8. The first-order valence-electron chi connectivity index (χ1n) is 8.19. The van der Waals surface area contributed by atoms with E-state index in [1.54, 1.807) is 32.2 Å². The predicted molar refractivity (Wildman–Crippen MR) is 103 cm³/mol. The fourth-order valence-electron chi connectivity index (χ4n) is 2.85. The second-order valence-corrected chi connectivity index (χ2v) is 6.52. The van der Waals surface area contributed by atoms with Gasteiger partial charge in [-0.1, -0.05) is 0 Å². The highest BCUT2D eigenvalue weighted by Crippen LogP contribution is 2.26. The highest BCUT2D eigenvalue weighted by atomic mass is 32.1.